The van der Waals surface area contributed by atoms with Crippen molar-refractivity contribution in [3.63, 3.8) is 0 Å². The predicted octanol–water partition coefficient (Wildman–Crippen LogP) is -3.89. The van der Waals surface area contributed by atoms with Gasteiger partial charge in [0, 0.05) is 30.8 Å². The molecule has 12 N–H and O–H groups in total. The van der Waals surface area contributed by atoms with Crippen LogP contribution in [0.3, 0.4) is 0 Å². The van der Waals surface area contributed by atoms with Gasteiger partial charge in [-0.15, -0.1) is 11.8 Å². The molecule has 0 amide bonds. The van der Waals surface area contributed by atoms with E-state index in [4.69, 9.17) is 9.88 Å². The third-order valence-corrected chi connectivity index (χ3v) is 11.6. The fraction of sp³-hybridized carbons (Fsp3) is 1.00. The Labute approximate surface area is 201 Å². The van der Waals surface area contributed by atoms with E-state index in [0.717, 1.165) is 38.2 Å². The number of thioether (sulfide) groups is 1. The summed E-state index contributed by atoms with van der Waals surface area (Å²) >= 11 is 1.47. The molecule has 0 aromatic heterocycles. The molecule has 0 aromatic carbocycles. The highest BCUT2D eigenvalue weighted by Gasteiger charge is 2.44. The number of sulfonamides is 1. The average molecular weight is 507 g/mol. The van der Waals surface area contributed by atoms with Crippen molar-refractivity contribution in [1.29, 1.82) is 0 Å². The van der Waals surface area contributed by atoms with Crippen LogP contribution < -0.4 is 42.8 Å². The molecule has 4 saturated heterocycles. The van der Waals surface area contributed by atoms with E-state index < -0.39 is 14.6 Å². The van der Waals surface area contributed by atoms with Crippen molar-refractivity contribution < 1.29 is 24.2 Å². The van der Waals surface area contributed by atoms with E-state index in [1.807, 2.05) is 0 Å². The minimum atomic E-state index is -3.47. The van der Waals surface area contributed by atoms with Gasteiger partial charge in [-0.05, 0) is 38.0 Å². The van der Waals surface area contributed by atoms with Crippen LogP contribution in [0.1, 0.15) is 38.5 Å². The van der Waals surface area contributed by atoms with Crippen LogP contribution in [-0.2, 0) is 14.8 Å². The molecular weight excluding hydrogens is 464 g/mol. The van der Waals surface area contributed by atoms with E-state index in [2.05, 4.69) is 37.6 Å². The van der Waals surface area contributed by atoms with Crippen LogP contribution in [0.4, 0.5) is 0 Å². The molecule has 11 nitrogen and oxygen atoms in total. The number of primary sulfonamides is 1. The summed E-state index contributed by atoms with van der Waals surface area (Å²) in [6, 6.07) is 1.68. The fourth-order valence-electron chi connectivity index (χ4n) is 6.39. The summed E-state index contributed by atoms with van der Waals surface area (Å²) in [6.07, 6.45) is 6.54. The monoisotopic (exact) mass is 506 g/mol. The van der Waals surface area contributed by atoms with Crippen LogP contribution in [0.25, 0.3) is 0 Å². The van der Waals surface area contributed by atoms with E-state index in [1.54, 1.807) is 0 Å². The minimum Gasteiger partial charge on any atom is -0.361 e. The highest BCUT2D eigenvalue weighted by atomic mass is 32.3. The van der Waals surface area contributed by atoms with Gasteiger partial charge in [-0.1, -0.05) is 0 Å². The zero-order chi connectivity index (χ0) is 23.0. The molecule has 6 unspecified atom stereocenters. The van der Waals surface area contributed by atoms with Gasteiger partial charge in [0.05, 0.1) is 24.9 Å². The number of nitrogens with two attached hydrogens (primary N) is 2. The van der Waals surface area contributed by atoms with Crippen molar-refractivity contribution in [1.82, 2.24) is 26.6 Å². The fourth-order valence-corrected chi connectivity index (χ4v) is 9.11. The van der Waals surface area contributed by atoms with Crippen LogP contribution in [0.5, 0.6) is 0 Å². The molecule has 5 rings (SSSR count). The molecule has 5 fully saturated rings. The first-order valence-electron chi connectivity index (χ1n) is 12.5. The Morgan fingerprint density at radius 1 is 1.15 bits per heavy atom. The lowest BCUT2D eigenvalue weighted by Crippen LogP contribution is -2.95. The molecular formula is C20H42N8O3S2+2. The highest BCUT2D eigenvalue weighted by molar-refractivity contribution is 8.13. The van der Waals surface area contributed by atoms with E-state index in [1.165, 1.54) is 37.4 Å². The summed E-state index contributed by atoms with van der Waals surface area (Å²) < 4.78 is 29.3. The van der Waals surface area contributed by atoms with Crippen LogP contribution in [0, 0.1) is 11.8 Å². The third-order valence-electron chi connectivity index (χ3n) is 8.16. The van der Waals surface area contributed by atoms with E-state index in [0.29, 0.717) is 24.9 Å². The van der Waals surface area contributed by atoms with Crippen molar-refractivity contribution in [2.75, 3.05) is 26.4 Å². The second kappa shape index (κ2) is 10.5. The Bertz CT molecular complexity index is 776. The normalized spacial score (nSPS) is 45.8. The molecule has 4 heterocycles. The van der Waals surface area contributed by atoms with Crippen LogP contribution in [0.2, 0.25) is 0 Å². The molecule has 5 aliphatic rings. The zero-order valence-corrected chi connectivity index (χ0v) is 20.9. The second-order valence-corrected chi connectivity index (χ2v) is 14.0. The summed E-state index contributed by atoms with van der Waals surface area (Å²) in [4.78, 5) is 0. The van der Waals surface area contributed by atoms with Crippen molar-refractivity contribution in [2.24, 2.45) is 17.0 Å². The first kappa shape index (κ1) is 24.6. The Kier molecular flexibility index (Phi) is 7.84. The minimum absolute atomic E-state index is 0.0856. The van der Waals surface area contributed by atoms with E-state index in [9.17, 15) is 8.42 Å². The summed E-state index contributed by atoms with van der Waals surface area (Å²) in [6.45, 7) is 3.29. The Morgan fingerprint density at radius 2 is 2.03 bits per heavy atom. The lowest BCUT2D eigenvalue weighted by atomic mass is 9.78. The number of nitrogens with one attached hydrogen (secondary N) is 5. The molecule has 0 radical (unpaired) electrons. The smallest absolute Gasteiger partial charge is 0.221 e. The Balaban J connectivity index is 1.10. The largest absolute Gasteiger partial charge is 0.361 e. The average Bonchev–Trinajstić information content (AvgIpc) is 3.54. The Hall–Kier alpha value is -0.0600. The molecule has 10 atom stereocenters. The highest BCUT2D eigenvalue weighted by Crippen LogP contribution is 2.36. The number of rotatable bonds is 8. The van der Waals surface area contributed by atoms with Crippen molar-refractivity contribution in [3.05, 3.63) is 0 Å². The number of hydrogen-bond donors (Lipinski definition) is 8. The standard InChI is InChI=1S/C20H40N8O3S2/c21-7-13-6-12-5-11(1-3-15(12)26-13)9-31-19-17-18(25-10-24-17)27-20(28-19)23-8-14-2-4-16(32-14)33(22,29)30/h11-20,23-28H,1-10,21H2,(H2,22,29,30)/p+2/t11-,12+,13-,14?,15-,16?,17?,18?,19?,20?/m0/s1. The second-order valence-electron chi connectivity index (χ2n) is 10.5. The summed E-state index contributed by atoms with van der Waals surface area (Å²) in [7, 11) is -3.47. The predicted molar refractivity (Wildman–Crippen MR) is 127 cm³/mol. The quantitative estimate of drug-likeness (QED) is 0.164. The number of hydrogen-bond acceptors (Lipinski definition) is 9. The molecule has 0 bridgehead atoms. The topological polar surface area (TPSA) is 174 Å². The number of ether oxygens (including phenoxy) is 1. The first-order valence-corrected chi connectivity index (χ1v) is 15.1. The Morgan fingerprint density at radius 3 is 2.82 bits per heavy atom. The van der Waals surface area contributed by atoms with Crippen molar-refractivity contribution in [3.8, 4) is 0 Å². The van der Waals surface area contributed by atoms with Crippen LogP contribution >= 0.6 is 11.8 Å². The van der Waals surface area contributed by atoms with Gasteiger partial charge >= 0.3 is 0 Å². The molecule has 13 heteroatoms. The summed E-state index contributed by atoms with van der Waals surface area (Å²) in [5.74, 6) is 1.45. The maximum atomic E-state index is 11.6. The summed E-state index contributed by atoms with van der Waals surface area (Å²) in [5, 5.41) is 25.8. The van der Waals surface area contributed by atoms with Gasteiger partial charge in [-0.25, -0.2) is 13.6 Å². The van der Waals surface area contributed by atoms with Crippen LogP contribution in [-0.4, -0.2) is 81.4 Å². The molecule has 190 valence electrons. The van der Waals surface area contributed by atoms with E-state index in [-0.39, 0.29) is 30.0 Å². The molecule has 0 spiro atoms. The maximum absolute atomic E-state index is 11.6. The van der Waals surface area contributed by atoms with Gasteiger partial charge in [0.15, 0.2) is 0 Å². The maximum Gasteiger partial charge on any atom is 0.221 e. The van der Waals surface area contributed by atoms with Crippen molar-refractivity contribution in [2.45, 2.75) is 85.2 Å². The van der Waals surface area contributed by atoms with Crippen LogP contribution in [0.15, 0.2) is 0 Å². The lowest BCUT2D eigenvalue weighted by molar-refractivity contribution is -0.719. The van der Waals surface area contributed by atoms with Gasteiger partial charge in [0.2, 0.25) is 10.0 Å². The SMILES string of the molecule is NS(=O)(=O)C1CCC(CNC2NC3NCNC3C(OC[C@H]3CC[C@@H]4[NH2+][C@H](C[NH3+])C[C@H]4C3)N2)S1. The zero-order valence-electron chi connectivity index (χ0n) is 19.2. The van der Waals surface area contributed by atoms with Gasteiger partial charge in [0.25, 0.3) is 0 Å². The van der Waals surface area contributed by atoms with Gasteiger partial charge in [0.1, 0.15) is 29.7 Å². The molecule has 1 aliphatic carbocycles. The molecule has 0 aromatic rings. The van der Waals surface area contributed by atoms with Crippen molar-refractivity contribution >= 4 is 21.8 Å². The third kappa shape index (κ3) is 5.85. The van der Waals surface area contributed by atoms with E-state index >= 15 is 0 Å². The molecule has 4 aliphatic heterocycles. The lowest BCUT2D eigenvalue weighted by Gasteiger charge is -2.41. The van der Waals surface area contributed by atoms with Gasteiger partial charge in [-0.2, -0.15) is 0 Å². The van der Waals surface area contributed by atoms with Gasteiger partial charge in [-0.3, -0.25) is 26.6 Å². The summed E-state index contributed by atoms with van der Waals surface area (Å²) in [5.41, 5.74) is 4.11. The van der Waals surface area contributed by atoms with Gasteiger partial charge < -0.3 is 15.8 Å². The first-order chi connectivity index (χ1) is 15.9. The number of quaternary nitrogens is 2. The molecule has 33 heavy (non-hydrogen) atoms. The molecule has 1 saturated carbocycles. The number of fused-ring (bicyclic) bond motifs is 2.